The van der Waals surface area contributed by atoms with E-state index >= 15 is 0 Å². The van der Waals surface area contributed by atoms with Crippen molar-refractivity contribution in [2.24, 2.45) is 0 Å². The zero-order chi connectivity index (χ0) is 20.2. The van der Waals surface area contributed by atoms with Crippen LogP contribution in [0.4, 0.5) is 5.69 Å². The first-order valence-corrected chi connectivity index (χ1v) is 9.86. The van der Waals surface area contributed by atoms with Crippen molar-refractivity contribution < 1.29 is 4.74 Å². The number of rotatable bonds is 4. The third-order valence-corrected chi connectivity index (χ3v) is 5.19. The number of para-hydroxylation sites is 1. The minimum Gasteiger partial charge on any atom is -0.474 e. The van der Waals surface area contributed by atoms with E-state index in [4.69, 9.17) is 4.74 Å². The van der Waals surface area contributed by atoms with Gasteiger partial charge in [-0.25, -0.2) is 15.0 Å². The highest BCUT2D eigenvalue weighted by atomic mass is 16.5. The second kappa shape index (κ2) is 8.46. The third-order valence-electron chi connectivity index (χ3n) is 5.19. The molecule has 4 rings (SSSR count). The van der Waals surface area contributed by atoms with Crippen molar-refractivity contribution in [2.75, 3.05) is 39.2 Å². The maximum absolute atomic E-state index is 6.11. The Hall–Kier alpha value is -3.17. The average Bonchev–Trinajstić information content (AvgIpc) is 3.15. The van der Waals surface area contributed by atoms with E-state index in [1.807, 2.05) is 55.4 Å². The number of hydrogen-bond acceptors (Lipinski definition) is 6. The molecule has 1 fully saturated rings. The molecule has 6 heteroatoms. The Balaban J connectivity index is 1.69. The third kappa shape index (κ3) is 4.30. The Morgan fingerprint density at radius 2 is 2.00 bits per heavy atom. The Labute approximate surface area is 171 Å². The highest BCUT2D eigenvalue weighted by molar-refractivity contribution is 5.71. The monoisotopic (exact) mass is 387 g/mol. The molecule has 0 N–H and O–H groups in total. The van der Waals surface area contributed by atoms with Gasteiger partial charge in [0.05, 0.1) is 5.69 Å². The van der Waals surface area contributed by atoms with Gasteiger partial charge in [-0.05, 0) is 56.6 Å². The Morgan fingerprint density at radius 1 is 1.14 bits per heavy atom. The van der Waals surface area contributed by atoms with E-state index in [9.17, 15) is 0 Å². The number of aromatic nitrogens is 3. The van der Waals surface area contributed by atoms with E-state index in [-0.39, 0.29) is 0 Å². The summed E-state index contributed by atoms with van der Waals surface area (Å²) in [7, 11) is 6.15. The molecule has 0 spiro atoms. The maximum atomic E-state index is 6.11. The fourth-order valence-corrected chi connectivity index (χ4v) is 3.52. The second-order valence-electron chi connectivity index (χ2n) is 7.47. The lowest BCUT2D eigenvalue weighted by atomic mass is 10.1. The number of likely N-dealkylation sites (tertiary alicyclic amines) is 1. The molecule has 1 saturated heterocycles. The van der Waals surface area contributed by atoms with Gasteiger partial charge in [0.1, 0.15) is 12.1 Å². The number of benzene rings is 1. The molecule has 3 aromatic rings. The van der Waals surface area contributed by atoms with Crippen LogP contribution < -0.4 is 9.64 Å². The number of pyridine rings is 1. The van der Waals surface area contributed by atoms with E-state index < -0.39 is 0 Å². The Bertz CT molecular complexity index is 1070. The largest absolute Gasteiger partial charge is 0.474 e. The first-order valence-electron chi connectivity index (χ1n) is 9.86. The van der Waals surface area contributed by atoms with Crippen molar-refractivity contribution in [1.82, 2.24) is 19.9 Å². The van der Waals surface area contributed by atoms with Crippen LogP contribution >= 0.6 is 0 Å². The molecule has 148 valence electrons. The number of nitrogens with zero attached hydrogens (tertiary/aromatic N) is 5. The summed E-state index contributed by atoms with van der Waals surface area (Å²) in [6, 6.07) is 12.2. The smallest absolute Gasteiger partial charge is 0.249 e. The first-order chi connectivity index (χ1) is 14.1. The summed E-state index contributed by atoms with van der Waals surface area (Å²) in [5.74, 6) is 6.89. The number of ether oxygens (including phenoxy) is 1. The van der Waals surface area contributed by atoms with Gasteiger partial charge in [-0.15, -0.1) is 0 Å². The fraction of sp³-hybridized carbons (Fsp3) is 0.348. The molecule has 1 atom stereocenters. The van der Waals surface area contributed by atoms with E-state index in [2.05, 4.69) is 38.7 Å². The molecule has 0 amide bonds. The zero-order valence-electron chi connectivity index (χ0n) is 17.1. The average molecular weight is 387 g/mol. The SMILES string of the molecule is CN(C)c1ccccc1C#Cc1nc2ncccc2nc1OC[C@@H]1CCCN1C. The Kier molecular flexibility index (Phi) is 5.59. The van der Waals surface area contributed by atoms with Crippen LogP contribution in [0.2, 0.25) is 0 Å². The van der Waals surface area contributed by atoms with E-state index in [1.54, 1.807) is 6.20 Å². The normalized spacial score (nSPS) is 16.4. The van der Waals surface area contributed by atoms with E-state index in [0.29, 0.717) is 35.4 Å². The van der Waals surface area contributed by atoms with Crippen LogP contribution in [-0.2, 0) is 0 Å². The van der Waals surface area contributed by atoms with E-state index in [1.165, 1.54) is 6.42 Å². The summed E-state index contributed by atoms with van der Waals surface area (Å²) in [5.41, 5.74) is 3.79. The van der Waals surface area contributed by atoms with Crippen LogP contribution in [0.3, 0.4) is 0 Å². The minimum atomic E-state index is 0.400. The highest BCUT2D eigenvalue weighted by Crippen LogP contribution is 2.21. The van der Waals surface area contributed by atoms with Crippen molar-refractivity contribution in [1.29, 1.82) is 0 Å². The molecule has 2 aromatic heterocycles. The Morgan fingerprint density at radius 3 is 2.79 bits per heavy atom. The topological polar surface area (TPSA) is 54.4 Å². The number of fused-ring (bicyclic) bond motifs is 1. The van der Waals surface area contributed by atoms with Gasteiger partial charge in [0, 0.05) is 31.9 Å². The van der Waals surface area contributed by atoms with Crippen LogP contribution in [0.15, 0.2) is 42.6 Å². The molecule has 1 aromatic carbocycles. The first kappa shape index (κ1) is 19.2. The van der Waals surface area contributed by atoms with Gasteiger partial charge in [-0.2, -0.15) is 0 Å². The highest BCUT2D eigenvalue weighted by Gasteiger charge is 2.22. The van der Waals surface area contributed by atoms with Gasteiger partial charge in [0.15, 0.2) is 11.3 Å². The van der Waals surface area contributed by atoms with Gasteiger partial charge >= 0.3 is 0 Å². The minimum absolute atomic E-state index is 0.400. The quantitative estimate of drug-likeness (QED) is 0.642. The molecule has 1 aliphatic rings. The number of hydrogen-bond donors (Lipinski definition) is 0. The molecule has 0 radical (unpaired) electrons. The lowest BCUT2D eigenvalue weighted by Crippen LogP contribution is -2.30. The summed E-state index contributed by atoms with van der Waals surface area (Å²) in [6.45, 7) is 1.69. The molecule has 0 aliphatic carbocycles. The molecule has 1 aliphatic heterocycles. The van der Waals surface area contributed by atoms with Crippen LogP contribution in [0, 0.1) is 11.8 Å². The molecule has 0 unspecified atom stereocenters. The standard InChI is InChI=1S/C23H25N5O/c1-27(2)21-11-5-4-8-17(21)12-13-20-23(29-16-18-9-7-15-28(18)3)26-19-10-6-14-24-22(19)25-20/h4-6,8,10-11,14,18H,7,9,15-16H2,1-3H3/t18-/m0/s1. The summed E-state index contributed by atoms with van der Waals surface area (Å²) in [4.78, 5) is 18.0. The summed E-state index contributed by atoms with van der Waals surface area (Å²) < 4.78 is 6.11. The molecule has 6 nitrogen and oxygen atoms in total. The fourth-order valence-electron chi connectivity index (χ4n) is 3.52. The van der Waals surface area contributed by atoms with Crippen molar-refractivity contribution in [2.45, 2.75) is 18.9 Å². The van der Waals surface area contributed by atoms with Gasteiger partial charge in [-0.3, -0.25) is 0 Å². The van der Waals surface area contributed by atoms with E-state index in [0.717, 1.165) is 24.2 Å². The molecule has 0 saturated carbocycles. The molecule has 3 heterocycles. The van der Waals surface area contributed by atoms with Crippen LogP contribution in [0.1, 0.15) is 24.1 Å². The predicted molar refractivity (Wildman–Crippen MR) is 115 cm³/mol. The molecule has 0 bridgehead atoms. The molecular formula is C23H25N5O. The zero-order valence-corrected chi connectivity index (χ0v) is 17.1. The van der Waals surface area contributed by atoms with Gasteiger partial charge < -0.3 is 14.5 Å². The van der Waals surface area contributed by atoms with Crippen LogP contribution in [0.5, 0.6) is 5.88 Å². The summed E-state index contributed by atoms with van der Waals surface area (Å²) >= 11 is 0. The predicted octanol–water partition coefficient (Wildman–Crippen LogP) is 2.96. The maximum Gasteiger partial charge on any atom is 0.249 e. The summed E-state index contributed by atoms with van der Waals surface area (Å²) in [6.07, 6.45) is 4.05. The lowest BCUT2D eigenvalue weighted by molar-refractivity contribution is 0.193. The molecular weight excluding hydrogens is 362 g/mol. The van der Waals surface area contributed by atoms with Crippen molar-refractivity contribution in [3.05, 3.63) is 53.9 Å². The van der Waals surface area contributed by atoms with Crippen molar-refractivity contribution in [3.8, 4) is 17.7 Å². The van der Waals surface area contributed by atoms with Gasteiger partial charge in [0.2, 0.25) is 5.88 Å². The molecule has 29 heavy (non-hydrogen) atoms. The lowest BCUT2D eigenvalue weighted by Gasteiger charge is -2.19. The summed E-state index contributed by atoms with van der Waals surface area (Å²) in [5, 5.41) is 0. The number of likely N-dealkylation sites (N-methyl/N-ethyl adjacent to an activating group) is 1. The second-order valence-corrected chi connectivity index (χ2v) is 7.47. The van der Waals surface area contributed by atoms with Gasteiger partial charge in [-0.1, -0.05) is 18.1 Å². The van der Waals surface area contributed by atoms with Crippen LogP contribution in [0.25, 0.3) is 11.2 Å². The number of anilines is 1. The van der Waals surface area contributed by atoms with Crippen LogP contribution in [-0.4, -0.2) is 60.2 Å². The van der Waals surface area contributed by atoms with Gasteiger partial charge in [0.25, 0.3) is 0 Å². The van der Waals surface area contributed by atoms with Crippen molar-refractivity contribution in [3.63, 3.8) is 0 Å². The van der Waals surface area contributed by atoms with Crippen molar-refractivity contribution >= 4 is 16.9 Å².